The molecule has 0 saturated heterocycles. The lowest BCUT2D eigenvalue weighted by Crippen LogP contribution is -2.05. The van der Waals surface area contributed by atoms with Gasteiger partial charge in [0.1, 0.15) is 17.3 Å². The minimum Gasteiger partial charge on any atom is -0.383 e. The molecule has 0 radical (unpaired) electrons. The van der Waals surface area contributed by atoms with Gasteiger partial charge in [-0.2, -0.15) is 0 Å². The fraction of sp³-hybridized carbons (Fsp3) is 0.400. The van der Waals surface area contributed by atoms with E-state index in [0.717, 1.165) is 40.2 Å². The van der Waals surface area contributed by atoms with E-state index in [2.05, 4.69) is 27.4 Å². The van der Waals surface area contributed by atoms with Gasteiger partial charge in [0, 0.05) is 27.5 Å². The van der Waals surface area contributed by atoms with Crippen LogP contribution in [0.4, 0.5) is 5.82 Å². The van der Waals surface area contributed by atoms with E-state index in [4.69, 9.17) is 22.3 Å². The van der Waals surface area contributed by atoms with Gasteiger partial charge in [0.25, 0.3) is 0 Å². The Morgan fingerprint density at radius 1 is 1.45 bits per heavy atom. The second kappa shape index (κ2) is 5.41. The molecule has 2 N–H and O–H groups in total. The van der Waals surface area contributed by atoms with Gasteiger partial charge in [-0.3, -0.25) is 0 Å². The molecule has 0 unspecified atom stereocenters. The first-order chi connectivity index (χ1) is 9.61. The largest absolute Gasteiger partial charge is 0.383 e. The number of hydrogen-bond acceptors (Lipinski definition) is 2. The maximum Gasteiger partial charge on any atom is 0.132 e. The molecule has 0 bridgehead atoms. The standard InChI is InChI=1S/C15H17BrClN3/c1-2-3-13-19-14(15(18)20(13)10-5-6-10)11-8-9(17)4-7-12(11)16/h4,7-8,10H,2-3,5-6,18H2,1H3. The minimum atomic E-state index is 0.538. The van der Waals surface area contributed by atoms with Crippen LogP contribution in [-0.2, 0) is 6.42 Å². The van der Waals surface area contributed by atoms with Crippen LogP contribution in [0.3, 0.4) is 0 Å². The van der Waals surface area contributed by atoms with Crippen molar-refractivity contribution in [1.29, 1.82) is 0 Å². The molecule has 2 aromatic rings. The first-order valence-corrected chi connectivity index (χ1v) is 8.11. The second-order valence-electron chi connectivity index (χ2n) is 5.24. The highest BCUT2D eigenvalue weighted by molar-refractivity contribution is 9.10. The van der Waals surface area contributed by atoms with Crippen molar-refractivity contribution in [3.05, 3.63) is 33.5 Å². The molecule has 0 atom stereocenters. The maximum absolute atomic E-state index is 6.36. The van der Waals surface area contributed by atoms with Crippen LogP contribution in [0.25, 0.3) is 11.3 Å². The molecule has 0 aliphatic heterocycles. The van der Waals surface area contributed by atoms with Gasteiger partial charge >= 0.3 is 0 Å². The Hall–Kier alpha value is -1.00. The summed E-state index contributed by atoms with van der Waals surface area (Å²) in [6, 6.07) is 6.25. The predicted octanol–water partition coefficient (Wildman–Crippen LogP) is 4.84. The molecule has 3 rings (SSSR count). The number of benzene rings is 1. The Morgan fingerprint density at radius 3 is 2.85 bits per heavy atom. The van der Waals surface area contributed by atoms with Crippen LogP contribution in [0.5, 0.6) is 0 Å². The summed E-state index contributed by atoms with van der Waals surface area (Å²) in [4.78, 5) is 4.78. The molecule has 106 valence electrons. The summed E-state index contributed by atoms with van der Waals surface area (Å²) in [7, 11) is 0. The van der Waals surface area contributed by atoms with E-state index in [1.165, 1.54) is 12.8 Å². The Kier molecular flexibility index (Phi) is 3.78. The molecule has 1 aromatic heterocycles. The van der Waals surface area contributed by atoms with Crippen molar-refractivity contribution < 1.29 is 0 Å². The summed E-state index contributed by atoms with van der Waals surface area (Å²) in [5.41, 5.74) is 8.17. The zero-order chi connectivity index (χ0) is 14.3. The van der Waals surface area contributed by atoms with Crippen molar-refractivity contribution in [2.45, 2.75) is 38.6 Å². The fourth-order valence-corrected chi connectivity index (χ4v) is 3.12. The molecular formula is C15H17BrClN3. The molecular weight excluding hydrogens is 338 g/mol. The first-order valence-electron chi connectivity index (χ1n) is 6.93. The molecule has 1 fully saturated rings. The number of nitrogens with zero attached hydrogens (tertiary/aromatic N) is 2. The number of halogens is 2. The highest BCUT2D eigenvalue weighted by atomic mass is 79.9. The van der Waals surface area contributed by atoms with E-state index in [9.17, 15) is 0 Å². The highest BCUT2D eigenvalue weighted by Gasteiger charge is 2.30. The van der Waals surface area contributed by atoms with Crippen molar-refractivity contribution in [1.82, 2.24) is 9.55 Å². The summed E-state index contributed by atoms with van der Waals surface area (Å²) in [5, 5.41) is 0.695. The smallest absolute Gasteiger partial charge is 0.132 e. The van der Waals surface area contributed by atoms with Gasteiger partial charge in [-0.15, -0.1) is 0 Å². The van der Waals surface area contributed by atoms with Crippen LogP contribution in [0, 0.1) is 0 Å². The van der Waals surface area contributed by atoms with Crippen LogP contribution in [0.2, 0.25) is 5.02 Å². The van der Waals surface area contributed by atoms with E-state index in [-0.39, 0.29) is 0 Å². The fourth-order valence-electron chi connectivity index (χ4n) is 2.51. The number of hydrogen-bond donors (Lipinski definition) is 1. The van der Waals surface area contributed by atoms with Gasteiger partial charge in [-0.1, -0.05) is 34.5 Å². The van der Waals surface area contributed by atoms with Gasteiger partial charge in [-0.25, -0.2) is 4.98 Å². The molecule has 1 aliphatic rings. The lowest BCUT2D eigenvalue weighted by atomic mass is 10.1. The quantitative estimate of drug-likeness (QED) is 0.854. The summed E-state index contributed by atoms with van der Waals surface area (Å²) in [6.45, 7) is 2.16. The molecule has 1 aliphatic carbocycles. The summed E-state index contributed by atoms with van der Waals surface area (Å²) in [5.74, 6) is 1.85. The summed E-state index contributed by atoms with van der Waals surface area (Å²) < 4.78 is 3.18. The third kappa shape index (κ3) is 2.47. The van der Waals surface area contributed by atoms with Crippen LogP contribution >= 0.6 is 27.5 Å². The molecule has 1 saturated carbocycles. The van der Waals surface area contributed by atoms with Crippen molar-refractivity contribution in [2.24, 2.45) is 0 Å². The Labute approximate surface area is 132 Å². The van der Waals surface area contributed by atoms with Gasteiger partial charge in [-0.05, 0) is 37.5 Å². The van der Waals surface area contributed by atoms with Gasteiger partial charge in [0.2, 0.25) is 0 Å². The molecule has 1 aromatic carbocycles. The number of aromatic nitrogens is 2. The van der Waals surface area contributed by atoms with Crippen LogP contribution in [0.15, 0.2) is 22.7 Å². The Balaban J connectivity index is 2.13. The number of aryl methyl sites for hydroxylation is 1. The van der Waals surface area contributed by atoms with Crippen molar-refractivity contribution >= 4 is 33.3 Å². The van der Waals surface area contributed by atoms with Gasteiger partial charge in [0.15, 0.2) is 0 Å². The number of rotatable bonds is 4. The summed E-state index contributed by atoms with van der Waals surface area (Å²) in [6.07, 6.45) is 4.43. The topological polar surface area (TPSA) is 43.8 Å². The highest BCUT2D eigenvalue weighted by Crippen LogP contribution is 2.42. The Bertz CT molecular complexity index is 647. The van der Waals surface area contributed by atoms with Crippen LogP contribution in [0.1, 0.15) is 38.1 Å². The minimum absolute atomic E-state index is 0.538. The molecule has 5 heteroatoms. The van der Waals surface area contributed by atoms with E-state index < -0.39 is 0 Å². The van der Waals surface area contributed by atoms with Crippen molar-refractivity contribution in [3.63, 3.8) is 0 Å². The predicted molar refractivity (Wildman–Crippen MR) is 87.1 cm³/mol. The zero-order valence-corrected chi connectivity index (χ0v) is 13.7. The monoisotopic (exact) mass is 353 g/mol. The van der Waals surface area contributed by atoms with Crippen molar-refractivity contribution in [2.75, 3.05) is 5.73 Å². The third-order valence-corrected chi connectivity index (χ3v) is 4.52. The van der Waals surface area contributed by atoms with Gasteiger partial charge < -0.3 is 10.3 Å². The average molecular weight is 355 g/mol. The van der Waals surface area contributed by atoms with E-state index in [0.29, 0.717) is 11.1 Å². The first kappa shape index (κ1) is 14.0. The SMILES string of the molecule is CCCc1nc(-c2cc(Cl)ccc2Br)c(N)n1C1CC1. The number of imidazole rings is 1. The molecule has 0 spiro atoms. The Morgan fingerprint density at radius 2 is 2.20 bits per heavy atom. The molecule has 20 heavy (non-hydrogen) atoms. The van der Waals surface area contributed by atoms with E-state index >= 15 is 0 Å². The third-order valence-electron chi connectivity index (χ3n) is 3.59. The molecule has 3 nitrogen and oxygen atoms in total. The molecule has 0 amide bonds. The zero-order valence-electron chi connectivity index (χ0n) is 11.4. The van der Waals surface area contributed by atoms with Crippen molar-refractivity contribution in [3.8, 4) is 11.3 Å². The number of nitrogens with two attached hydrogens (primary N) is 1. The number of anilines is 1. The maximum atomic E-state index is 6.36. The average Bonchev–Trinajstić information content (AvgIpc) is 3.19. The van der Waals surface area contributed by atoms with E-state index in [1.807, 2.05) is 18.2 Å². The van der Waals surface area contributed by atoms with Crippen LogP contribution in [-0.4, -0.2) is 9.55 Å². The van der Waals surface area contributed by atoms with E-state index in [1.54, 1.807) is 0 Å². The lowest BCUT2D eigenvalue weighted by Gasteiger charge is -2.07. The van der Waals surface area contributed by atoms with Gasteiger partial charge in [0.05, 0.1) is 0 Å². The number of nitrogen functional groups attached to an aromatic ring is 1. The van der Waals surface area contributed by atoms with Crippen LogP contribution < -0.4 is 5.73 Å². The summed E-state index contributed by atoms with van der Waals surface area (Å²) >= 11 is 9.67. The molecule has 1 heterocycles. The lowest BCUT2D eigenvalue weighted by molar-refractivity contribution is 0.676. The normalized spacial score (nSPS) is 14.8. The second-order valence-corrected chi connectivity index (χ2v) is 6.53.